The van der Waals surface area contributed by atoms with Crippen molar-refractivity contribution < 1.29 is 42.7 Å². The highest BCUT2D eigenvalue weighted by atomic mass is 16.7. The molecule has 9 nitrogen and oxygen atoms in total. The molecule has 0 saturated heterocycles. The van der Waals surface area contributed by atoms with E-state index in [4.69, 9.17) is 33.2 Å². The van der Waals surface area contributed by atoms with E-state index in [0.717, 1.165) is 0 Å². The molecule has 9 heteroatoms. The lowest BCUT2D eigenvalue weighted by molar-refractivity contribution is -0.123. The summed E-state index contributed by atoms with van der Waals surface area (Å²) in [7, 11) is 5.91. The summed E-state index contributed by atoms with van der Waals surface area (Å²) in [6, 6.07) is 6.32. The summed E-state index contributed by atoms with van der Waals surface area (Å²) in [6.07, 6.45) is -0.912. The maximum Gasteiger partial charge on any atom is 0.339 e. The predicted molar refractivity (Wildman–Crippen MR) is 113 cm³/mol. The number of ether oxygens (including phenoxy) is 7. The van der Waals surface area contributed by atoms with Crippen molar-refractivity contribution in [3.05, 3.63) is 35.4 Å². The van der Waals surface area contributed by atoms with Crippen LogP contribution in [0.15, 0.2) is 24.3 Å². The molecular formula is C23H26O9. The molecule has 0 bridgehead atoms. The summed E-state index contributed by atoms with van der Waals surface area (Å²) >= 11 is 0. The number of hydrogen-bond donors (Lipinski definition) is 0. The molecule has 0 unspecified atom stereocenters. The molecule has 2 atom stereocenters. The molecule has 0 aromatic heterocycles. The van der Waals surface area contributed by atoms with Gasteiger partial charge in [0.1, 0.15) is 11.9 Å². The van der Waals surface area contributed by atoms with Crippen LogP contribution in [-0.4, -0.2) is 47.0 Å². The molecule has 0 amide bonds. The Morgan fingerprint density at radius 2 is 1.50 bits per heavy atom. The van der Waals surface area contributed by atoms with Crippen molar-refractivity contribution in [2.45, 2.75) is 20.0 Å². The lowest BCUT2D eigenvalue weighted by Gasteiger charge is -2.25. The van der Waals surface area contributed by atoms with Gasteiger partial charge in [0.15, 0.2) is 23.0 Å². The Hall–Kier alpha value is -3.62. The molecule has 1 aliphatic rings. The molecule has 0 saturated carbocycles. The molecule has 0 N–H and O–H groups in total. The average molecular weight is 446 g/mol. The molecule has 2 aromatic rings. The summed E-state index contributed by atoms with van der Waals surface area (Å²) in [5.74, 6) is 0.830. The molecule has 0 radical (unpaired) electrons. The van der Waals surface area contributed by atoms with Gasteiger partial charge in [0.2, 0.25) is 18.3 Å². The van der Waals surface area contributed by atoms with E-state index in [9.17, 15) is 9.59 Å². The van der Waals surface area contributed by atoms with Crippen LogP contribution < -0.4 is 28.4 Å². The minimum Gasteiger partial charge on any atom is -0.493 e. The van der Waals surface area contributed by atoms with Crippen molar-refractivity contribution in [3.8, 4) is 34.5 Å². The quantitative estimate of drug-likeness (QED) is 0.535. The van der Waals surface area contributed by atoms with E-state index < -0.39 is 18.0 Å². The highest BCUT2D eigenvalue weighted by molar-refractivity contribution is 5.92. The van der Waals surface area contributed by atoms with Crippen LogP contribution in [0.5, 0.6) is 34.5 Å². The number of carbonyl (C=O) groups excluding carboxylic acids is 2. The highest BCUT2D eigenvalue weighted by Crippen LogP contribution is 2.44. The third-order valence-corrected chi connectivity index (χ3v) is 5.24. The molecule has 0 spiro atoms. The largest absolute Gasteiger partial charge is 0.493 e. The van der Waals surface area contributed by atoms with Crippen molar-refractivity contribution in [2.24, 2.45) is 5.92 Å². The van der Waals surface area contributed by atoms with E-state index in [1.54, 1.807) is 19.1 Å². The molecule has 172 valence electrons. The Morgan fingerprint density at radius 1 is 0.875 bits per heavy atom. The van der Waals surface area contributed by atoms with Crippen LogP contribution in [0.3, 0.4) is 0 Å². The zero-order chi connectivity index (χ0) is 23.4. The number of fused-ring (bicyclic) bond motifs is 1. The van der Waals surface area contributed by atoms with Crippen LogP contribution in [0.25, 0.3) is 0 Å². The summed E-state index contributed by atoms with van der Waals surface area (Å²) in [4.78, 5) is 25.3. The van der Waals surface area contributed by atoms with Crippen molar-refractivity contribution in [2.75, 3.05) is 35.2 Å². The van der Waals surface area contributed by atoms with Crippen LogP contribution in [0.1, 0.15) is 35.9 Å². The van der Waals surface area contributed by atoms with Gasteiger partial charge in [0.05, 0.1) is 39.9 Å². The Morgan fingerprint density at radius 3 is 2.03 bits per heavy atom. The molecule has 0 fully saturated rings. The second-order valence-corrected chi connectivity index (χ2v) is 7.10. The van der Waals surface area contributed by atoms with E-state index >= 15 is 0 Å². The fourth-order valence-corrected chi connectivity index (χ4v) is 3.37. The number of ketones is 1. The topological polar surface area (TPSA) is 98.8 Å². The second kappa shape index (κ2) is 9.67. The lowest BCUT2D eigenvalue weighted by atomic mass is 9.93. The van der Waals surface area contributed by atoms with Crippen LogP contribution in [0, 0.1) is 5.92 Å². The Balaban J connectivity index is 2.01. The van der Waals surface area contributed by atoms with Crippen LogP contribution >= 0.6 is 0 Å². The number of esters is 1. The van der Waals surface area contributed by atoms with E-state index in [0.29, 0.717) is 40.1 Å². The third-order valence-electron chi connectivity index (χ3n) is 5.24. The third kappa shape index (κ3) is 4.37. The normalized spacial score (nSPS) is 13.7. The van der Waals surface area contributed by atoms with Crippen molar-refractivity contribution in [1.82, 2.24) is 0 Å². The van der Waals surface area contributed by atoms with Gasteiger partial charge in [-0.15, -0.1) is 0 Å². The zero-order valence-electron chi connectivity index (χ0n) is 18.8. The fourth-order valence-electron chi connectivity index (χ4n) is 3.37. The summed E-state index contributed by atoms with van der Waals surface area (Å²) < 4.78 is 38.0. The van der Waals surface area contributed by atoms with Gasteiger partial charge < -0.3 is 33.2 Å². The number of benzene rings is 2. The molecule has 1 heterocycles. The van der Waals surface area contributed by atoms with Crippen LogP contribution in [0.4, 0.5) is 0 Å². The van der Waals surface area contributed by atoms with E-state index in [1.165, 1.54) is 47.5 Å². The molecule has 2 aromatic carbocycles. The number of Topliss-reactive ketones (excluding diaryl/α,β-unsaturated/α-hetero) is 1. The number of hydrogen-bond acceptors (Lipinski definition) is 9. The Kier molecular flexibility index (Phi) is 6.97. The van der Waals surface area contributed by atoms with Crippen molar-refractivity contribution in [1.29, 1.82) is 0 Å². The molecular weight excluding hydrogens is 420 g/mol. The number of carbonyl (C=O) groups is 2. The van der Waals surface area contributed by atoms with E-state index in [1.807, 2.05) is 0 Å². The van der Waals surface area contributed by atoms with Crippen LogP contribution in [-0.2, 0) is 9.53 Å². The monoisotopic (exact) mass is 446 g/mol. The fraction of sp³-hybridized carbons (Fsp3) is 0.391. The SMILES string of the molecule is COc1cc([C@@H](OC(=O)c2cc(OC)c3c(c2)OCO3)[C@@H](C)C(C)=O)cc(OC)c1OC. The second-order valence-electron chi connectivity index (χ2n) is 7.10. The molecule has 0 aliphatic carbocycles. The summed E-state index contributed by atoms with van der Waals surface area (Å²) in [5.41, 5.74) is 0.711. The van der Waals surface area contributed by atoms with Gasteiger partial charge in [-0.05, 0) is 31.2 Å². The maximum absolute atomic E-state index is 13.1. The van der Waals surface area contributed by atoms with Gasteiger partial charge >= 0.3 is 5.97 Å². The van der Waals surface area contributed by atoms with Gasteiger partial charge in [-0.3, -0.25) is 4.79 Å². The van der Waals surface area contributed by atoms with Crippen LogP contribution in [0.2, 0.25) is 0 Å². The van der Waals surface area contributed by atoms with Gasteiger partial charge in [0.25, 0.3) is 0 Å². The van der Waals surface area contributed by atoms with Crippen molar-refractivity contribution in [3.63, 3.8) is 0 Å². The molecule has 3 rings (SSSR count). The Bertz CT molecular complexity index is 990. The summed E-state index contributed by atoms with van der Waals surface area (Å²) in [6.45, 7) is 3.15. The predicted octanol–water partition coefficient (Wildman–Crippen LogP) is 3.57. The average Bonchev–Trinajstić information content (AvgIpc) is 3.28. The first-order valence-electron chi connectivity index (χ1n) is 9.83. The smallest absolute Gasteiger partial charge is 0.339 e. The summed E-state index contributed by atoms with van der Waals surface area (Å²) in [5, 5.41) is 0. The minimum atomic E-state index is -0.912. The van der Waals surface area contributed by atoms with Gasteiger partial charge in [0, 0.05) is 5.56 Å². The van der Waals surface area contributed by atoms with Gasteiger partial charge in [-0.2, -0.15) is 0 Å². The van der Waals surface area contributed by atoms with Gasteiger partial charge in [-0.1, -0.05) is 6.92 Å². The maximum atomic E-state index is 13.1. The highest BCUT2D eigenvalue weighted by Gasteiger charge is 2.31. The first-order chi connectivity index (χ1) is 15.3. The first-order valence-corrected chi connectivity index (χ1v) is 9.83. The van der Waals surface area contributed by atoms with Crippen molar-refractivity contribution >= 4 is 11.8 Å². The number of methoxy groups -OCH3 is 4. The zero-order valence-corrected chi connectivity index (χ0v) is 18.8. The first kappa shape index (κ1) is 23.1. The van der Waals surface area contributed by atoms with Gasteiger partial charge in [-0.25, -0.2) is 4.79 Å². The Labute approximate surface area is 186 Å². The molecule has 1 aliphatic heterocycles. The standard InChI is InChI=1S/C23H26O9/c1-12(13(2)24)20(14-7-16(26-3)21(29-6)17(8-14)27-4)32-23(25)15-9-18(28-5)22-19(10-15)30-11-31-22/h7-10,12,20H,11H2,1-6H3/t12-,20-/m0/s1. The minimum absolute atomic E-state index is 0.0274. The van der Waals surface area contributed by atoms with E-state index in [-0.39, 0.29) is 18.1 Å². The lowest BCUT2D eigenvalue weighted by Crippen LogP contribution is -2.23. The van der Waals surface area contributed by atoms with E-state index in [2.05, 4.69) is 0 Å². The number of rotatable bonds is 9. The molecule has 32 heavy (non-hydrogen) atoms.